The van der Waals surface area contributed by atoms with Gasteiger partial charge in [-0.2, -0.15) is 4.68 Å². The molecule has 1 fully saturated rings. The molecule has 7 heteroatoms. The molecule has 1 aliphatic rings. The molecule has 0 amide bonds. The molecule has 0 spiro atoms. The zero-order chi connectivity index (χ0) is 17.8. The number of aromatic nitrogens is 4. The molecule has 0 saturated carbocycles. The van der Waals surface area contributed by atoms with E-state index in [1.165, 1.54) is 0 Å². The highest BCUT2D eigenvalue weighted by atomic mass is 35.5. The van der Waals surface area contributed by atoms with E-state index < -0.39 is 0 Å². The SMILES string of the molecule is Clc1ccccc1OCC1CCCN(c2nnnn2-c2ccccc2)C1. The highest BCUT2D eigenvalue weighted by Crippen LogP contribution is 2.26. The third kappa shape index (κ3) is 3.65. The molecule has 1 aromatic heterocycles. The molecule has 1 aliphatic heterocycles. The molecule has 1 saturated heterocycles. The third-order valence-corrected chi connectivity index (χ3v) is 4.88. The van der Waals surface area contributed by atoms with Gasteiger partial charge in [-0.05, 0) is 47.5 Å². The van der Waals surface area contributed by atoms with E-state index in [-0.39, 0.29) is 0 Å². The van der Waals surface area contributed by atoms with Gasteiger partial charge in [0.2, 0.25) is 5.95 Å². The first-order chi connectivity index (χ1) is 12.8. The lowest BCUT2D eigenvalue weighted by atomic mass is 9.99. The second-order valence-electron chi connectivity index (χ2n) is 6.42. The Kier molecular flexibility index (Phi) is 5.02. The Hall–Kier alpha value is -2.60. The fraction of sp³-hybridized carbons (Fsp3) is 0.316. The Morgan fingerprint density at radius 3 is 2.73 bits per heavy atom. The van der Waals surface area contributed by atoms with Crippen molar-refractivity contribution in [2.45, 2.75) is 12.8 Å². The third-order valence-electron chi connectivity index (χ3n) is 4.57. The zero-order valence-corrected chi connectivity index (χ0v) is 15.1. The monoisotopic (exact) mass is 369 g/mol. The standard InChI is InChI=1S/C19H20ClN5O/c20-17-10-4-5-11-18(17)26-14-15-7-6-12-24(13-15)19-21-22-23-25(19)16-8-2-1-3-9-16/h1-5,8-11,15H,6-7,12-14H2. The summed E-state index contributed by atoms with van der Waals surface area (Å²) in [5, 5.41) is 12.9. The van der Waals surface area contributed by atoms with Gasteiger partial charge < -0.3 is 9.64 Å². The van der Waals surface area contributed by atoms with Gasteiger partial charge in [-0.1, -0.05) is 47.0 Å². The van der Waals surface area contributed by atoms with Crippen molar-refractivity contribution in [3.63, 3.8) is 0 Å². The van der Waals surface area contributed by atoms with Crippen LogP contribution in [-0.2, 0) is 0 Å². The molecule has 6 nitrogen and oxygen atoms in total. The maximum absolute atomic E-state index is 6.18. The van der Waals surface area contributed by atoms with Crippen molar-refractivity contribution in [2.75, 3.05) is 24.6 Å². The Morgan fingerprint density at radius 1 is 1.08 bits per heavy atom. The number of tetrazole rings is 1. The van der Waals surface area contributed by atoms with Crippen LogP contribution in [0.3, 0.4) is 0 Å². The van der Waals surface area contributed by atoms with Gasteiger partial charge in [0.1, 0.15) is 5.75 Å². The van der Waals surface area contributed by atoms with Gasteiger partial charge in [0, 0.05) is 19.0 Å². The van der Waals surface area contributed by atoms with Crippen LogP contribution in [0.4, 0.5) is 5.95 Å². The second-order valence-corrected chi connectivity index (χ2v) is 6.83. The number of rotatable bonds is 5. The molecule has 3 aromatic rings. The van der Waals surface area contributed by atoms with Gasteiger partial charge >= 0.3 is 0 Å². The van der Waals surface area contributed by atoms with Gasteiger partial charge in [0.25, 0.3) is 0 Å². The van der Waals surface area contributed by atoms with Gasteiger partial charge in [-0.15, -0.1) is 0 Å². The average Bonchev–Trinajstić information content (AvgIpc) is 3.18. The molecule has 1 atom stereocenters. The summed E-state index contributed by atoms with van der Waals surface area (Å²) in [5.74, 6) is 1.92. The molecule has 1 unspecified atom stereocenters. The van der Waals surface area contributed by atoms with Crippen molar-refractivity contribution in [1.82, 2.24) is 20.2 Å². The smallest absolute Gasteiger partial charge is 0.250 e. The highest BCUT2D eigenvalue weighted by molar-refractivity contribution is 6.32. The Labute approximate surface area is 157 Å². The first-order valence-electron chi connectivity index (χ1n) is 8.77. The zero-order valence-electron chi connectivity index (χ0n) is 14.3. The summed E-state index contributed by atoms with van der Waals surface area (Å²) in [4.78, 5) is 2.23. The van der Waals surface area contributed by atoms with Crippen LogP contribution in [0.15, 0.2) is 54.6 Å². The molecule has 0 radical (unpaired) electrons. The number of ether oxygens (including phenoxy) is 1. The number of nitrogens with zero attached hydrogens (tertiary/aromatic N) is 5. The maximum Gasteiger partial charge on any atom is 0.250 e. The minimum atomic E-state index is 0.404. The number of hydrogen-bond donors (Lipinski definition) is 0. The van der Waals surface area contributed by atoms with Crippen molar-refractivity contribution >= 4 is 17.5 Å². The van der Waals surface area contributed by atoms with Crippen molar-refractivity contribution in [3.05, 3.63) is 59.6 Å². The molecule has 0 N–H and O–H groups in total. The molecule has 0 bridgehead atoms. The van der Waals surface area contributed by atoms with Crippen molar-refractivity contribution in [2.24, 2.45) is 5.92 Å². The average molecular weight is 370 g/mol. The first kappa shape index (κ1) is 16.8. The van der Waals surface area contributed by atoms with Crippen LogP contribution in [-0.4, -0.2) is 39.9 Å². The molecule has 2 aromatic carbocycles. The van der Waals surface area contributed by atoms with Crippen molar-refractivity contribution in [3.8, 4) is 11.4 Å². The van der Waals surface area contributed by atoms with E-state index in [2.05, 4.69) is 20.4 Å². The molecule has 134 valence electrons. The maximum atomic E-state index is 6.18. The largest absolute Gasteiger partial charge is 0.492 e. The van der Waals surface area contributed by atoms with E-state index in [1.807, 2.05) is 54.6 Å². The van der Waals surface area contributed by atoms with E-state index in [9.17, 15) is 0 Å². The number of hydrogen-bond acceptors (Lipinski definition) is 5. The van der Waals surface area contributed by atoms with Crippen LogP contribution in [0.5, 0.6) is 5.75 Å². The number of benzene rings is 2. The van der Waals surface area contributed by atoms with Crippen LogP contribution >= 0.6 is 11.6 Å². The lowest BCUT2D eigenvalue weighted by Crippen LogP contribution is -2.39. The fourth-order valence-electron chi connectivity index (χ4n) is 3.27. The summed E-state index contributed by atoms with van der Waals surface area (Å²) < 4.78 is 7.73. The molecule has 0 aliphatic carbocycles. The Balaban J connectivity index is 1.45. The fourth-order valence-corrected chi connectivity index (χ4v) is 3.46. The number of piperidine rings is 1. The van der Waals surface area contributed by atoms with Gasteiger partial charge in [-0.25, -0.2) is 0 Å². The first-order valence-corrected chi connectivity index (χ1v) is 9.15. The molecule has 26 heavy (non-hydrogen) atoms. The minimum absolute atomic E-state index is 0.404. The topological polar surface area (TPSA) is 56.1 Å². The normalized spacial score (nSPS) is 17.3. The summed E-state index contributed by atoms with van der Waals surface area (Å²) in [5.41, 5.74) is 0.960. The Bertz CT molecular complexity index is 854. The molecule has 2 heterocycles. The quantitative estimate of drug-likeness (QED) is 0.687. The highest BCUT2D eigenvalue weighted by Gasteiger charge is 2.25. The van der Waals surface area contributed by atoms with E-state index in [1.54, 1.807) is 4.68 Å². The Morgan fingerprint density at radius 2 is 1.88 bits per heavy atom. The predicted molar refractivity (Wildman–Crippen MR) is 101 cm³/mol. The summed E-state index contributed by atoms with van der Waals surface area (Å²) in [6, 6.07) is 17.5. The lowest BCUT2D eigenvalue weighted by Gasteiger charge is -2.32. The van der Waals surface area contributed by atoms with Crippen LogP contribution in [0.25, 0.3) is 5.69 Å². The molecular weight excluding hydrogens is 350 g/mol. The summed E-state index contributed by atoms with van der Waals surface area (Å²) in [6.45, 7) is 2.43. The number of anilines is 1. The van der Waals surface area contributed by atoms with Gasteiger partial charge in [0.15, 0.2) is 0 Å². The van der Waals surface area contributed by atoms with Crippen LogP contribution < -0.4 is 9.64 Å². The number of para-hydroxylation sites is 2. The van der Waals surface area contributed by atoms with E-state index in [0.717, 1.165) is 43.3 Å². The van der Waals surface area contributed by atoms with E-state index in [4.69, 9.17) is 16.3 Å². The number of halogens is 1. The molecular formula is C19H20ClN5O. The lowest BCUT2D eigenvalue weighted by molar-refractivity contribution is 0.228. The summed E-state index contributed by atoms with van der Waals surface area (Å²) in [7, 11) is 0. The van der Waals surface area contributed by atoms with Crippen molar-refractivity contribution < 1.29 is 4.74 Å². The molecule has 4 rings (SSSR count). The minimum Gasteiger partial charge on any atom is -0.492 e. The summed E-state index contributed by atoms with van der Waals surface area (Å²) in [6.07, 6.45) is 2.20. The van der Waals surface area contributed by atoms with Crippen LogP contribution in [0.2, 0.25) is 5.02 Å². The van der Waals surface area contributed by atoms with E-state index >= 15 is 0 Å². The second kappa shape index (κ2) is 7.74. The van der Waals surface area contributed by atoms with Gasteiger partial charge in [0.05, 0.1) is 17.3 Å². The summed E-state index contributed by atoms with van der Waals surface area (Å²) >= 11 is 6.18. The van der Waals surface area contributed by atoms with E-state index in [0.29, 0.717) is 17.5 Å². The van der Waals surface area contributed by atoms with Crippen LogP contribution in [0, 0.1) is 5.92 Å². The van der Waals surface area contributed by atoms with Crippen LogP contribution in [0.1, 0.15) is 12.8 Å². The predicted octanol–water partition coefficient (Wildman–Crippen LogP) is 3.61. The van der Waals surface area contributed by atoms with Crippen molar-refractivity contribution in [1.29, 1.82) is 0 Å². The van der Waals surface area contributed by atoms with Gasteiger partial charge in [-0.3, -0.25) is 0 Å².